The highest BCUT2D eigenvalue weighted by Crippen LogP contribution is 2.34. The minimum atomic E-state index is -4.41. The summed E-state index contributed by atoms with van der Waals surface area (Å²) in [6.45, 7) is 2.93. The zero-order chi connectivity index (χ0) is 11.9. The molecule has 3 N–H and O–H groups in total. The molecule has 0 bridgehead atoms. The van der Waals surface area contributed by atoms with Gasteiger partial charge >= 0.3 is 6.18 Å². The van der Waals surface area contributed by atoms with Gasteiger partial charge in [0.1, 0.15) is 0 Å². The predicted molar refractivity (Wildman–Crippen MR) is 51.1 cm³/mol. The fourth-order valence-corrected chi connectivity index (χ4v) is 1.30. The first-order chi connectivity index (χ1) is 6.62. The molecule has 1 rings (SSSR count). The smallest absolute Gasteiger partial charge is 0.398 e. The van der Waals surface area contributed by atoms with Gasteiger partial charge in [-0.05, 0) is 26.0 Å². The van der Waals surface area contributed by atoms with Crippen LogP contribution in [0.4, 0.5) is 18.9 Å². The number of aliphatic hydroxyl groups is 1. The van der Waals surface area contributed by atoms with E-state index in [4.69, 9.17) is 5.73 Å². The van der Waals surface area contributed by atoms with Gasteiger partial charge in [0.15, 0.2) is 0 Å². The molecule has 15 heavy (non-hydrogen) atoms. The van der Waals surface area contributed by atoms with Gasteiger partial charge in [0.2, 0.25) is 0 Å². The van der Waals surface area contributed by atoms with Gasteiger partial charge in [-0.25, -0.2) is 0 Å². The van der Waals surface area contributed by atoms with Gasteiger partial charge < -0.3 is 10.8 Å². The molecule has 0 fully saturated rings. The highest BCUT2D eigenvalue weighted by molar-refractivity contribution is 5.52. The van der Waals surface area contributed by atoms with Gasteiger partial charge in [0, 0.05) is 11.3 Å². The van der Waals surface area contributed by atoms with Crippen molar-refractivity contribution in [2.75, 3.05) is 5.73 Å². The van der Waals surface area contributed by atoms with Crippen LogP contribution in [-0.4, -0.2) is 5.11 Å². The molecule has 0 aliphatic carbocycles. The lowest BCUT2D eigenvalue weighted by Crippen LogP contribution is -2.18. The molecule has 0 unspecified atom stereocenters. The van der Waals surface area contributed by atoms with Crippen molar-refractivity contribution in [3.63, 3.8) is 0 Å². The quantitative estimate of drug-likeness (QED) is 0.713. The molecule has 5 heteroatoms. The SMILES string of the molecule is CC(C)(O)c1ccc(C(F)(F)F)cc1N. The Labute approximate surface area is 85.5 Å². The van der Waals surface area contributed by atoms with Crippen LogP contribution >= 0.6 is 0 Å². The molecule has 1 aromatic rings. The van der Waals surface area contributed by atoms with E-state index in [1.54, 1.807) is 0 Å². The molecule has 0 radical (unpaired) electrons. The van der Waals surface area contributed by atoms with Crippen LogP contribution in [0.1, 0.15) is 25.0 Å². The Hall–Kier alpha value is -1.23. The van der Waals surface area contributed by atoms with Crippen molar-refractivity contribution in [3.8, 4) is 0 Å². The molecular weight excluding hydrogens is 207 g/mol. The summed E-state index contributed by atoms with van der Waals surface area (Å²) in [5.74, 6) is 0. The molecule has 0 heterocycles. The van der Waals surface area contributed by atoms with Crippen LogP contribution in [0.2, 0.25) is 0 Å². The van der Waals surface area contributed by atoms with Gasteiger partial charge in [-0.15, -0.1) is 0 Å². The molecule has 0 spiro atoms. The summed E-state index contributed by atoms with van der Waals surface area (Å²) in [6, 6.07) is 2.93. The maximum Gasteiger partial charge on any atom is 0.416 e. The van der Waals surface area contributed by atoms with Gasteiger partial charge in [0.25, 0.3) is 0 Å². The van der Waals surface area contributed by atoms with Crippen molar-refractivity contribution in [2.24, 2.45) is 0 Å². The molecule has 0 aromatic heterocycles. The molecule has 0 amide bonds. The second-order valence-electron chi connectivity index (χ2n) is 3.86. The summed E-state index contributed by atoms with van der Waals surface area (Å²) in [7, 11) is 0. The molecule has 0 saturated heterocycles. The summed E-state index contributed by atoms with van der Waals surface area (Å²) in [4.78, 5) is 0. The Kier molecular flexibility index (Phi) is 2.69. The largest absolute Gasteiger partial charge is 0.416 e. The molecule has 0 saturated carbocycles. The highest BCUT2D eigenvalue weighted by atomic mass is 19.4. The monoisotopic (exact) mass is 219 g/mol. The van der Waals surface area contributed by atoms with Crippen LogP contribution < -0.4 is 5.73 Å². The zero-order valence-electron chi connectivity index (χ0n) is 8.39. The van der Waals surface area contributed by atoms with E-state index >= 15 is 0 Å². The third-order valence-electron chi connectivity index (χ3n) is 2.04. The number of hydrogen-bond acceptors (Lipinski definition) is 2. The van der Waals surface area contributed by atoms with Crippen molar-refractivity contribution < 1.29 is 18.3 Å². The normalized spacial score (nSPS) is 12.9. The maximum absolute atomic E-state index is 12.3. The number of benzene rings is 1. The van der Waals surface area contributed by atoms with Crippen molar-refractivity contribution >= 4 is 5.69 Å². The molecule has 0 aliphatic heterocycles. The third kappa shape index (κ3) is 2.62. The van der Waals surface area contributed by atoms with E-state index in [0.29, 0.717) is 0 Å². The molecule has 1 aromatic carbocycles. The van der Waals surface area contributed by atoms with Gasteiger partial charge in [-0.3, -0.25) is 0 Å². The maximum atomic E-state index is 12.3. The Balaban J connectivity index is 3.21. The number of nitrogen functional groups attached to an aromatic ring is 1. The van der Waals surface area contributed by atoms with Gasteiger partial charge in [-0.1, -0.05) is 6.07 Å². The zero-order valence-corrected chi connectivity index (χ0v) is 8.39. The summed E-state index contributed by atoms with van der Waals surface area (Å²) in [5, 5.41) is 9.60. The van der Waals surface area contributed by atoms with Crippen LogP contribution in [0, 0.1) is 0 Å². The summed E-state index contributed by atoms with van der Waals surface area (Å²) < 4.78 is 36.8. The van der Waals surface area contributed by atoms with E-state index in [1.165, 1.54) is 19.9 Å². The highest BCUT2D eigenvalue weighted by Gasteiger charge is 2.31. The number of rotatable bonds is 1. The fourth-order valence-electron chi connectivity index (χ4n) is 1.30. The average molecular weight is 219 g/mol. The van der Waals surface area contributed by atoms with Crippen LogP contribution in [0.3, 0.4) is 0 Å². The van der Waals surface area contributed by atoms with Crippen LogP contribution in [0.15, 0.2) is 18.2 Å². The average Bonchev–Trinajstić information content (AvgIpc) is 1.99. The van der Waals surface area contributed by atoms with E-state index in [9.17, 15) is 18.3 Å². The summed E-state index contributed by atoms with van der Waals surface area (Å²) >= 11 is 0. The standard InChI is InChI=1S/C10H12F3NO/c1-9(2,15)7-4-3-6(5-8(7)14)10(11,12)13/h3-5,15H,14H2,1-2H3. The van der Waals surface area contributed by atoms with Crippen LogP contribution in [-0.2, 0) is 11.8 Å². The lowest BCUT2D eigenvalue weighted by Gasteiger charge is -2.20. The third-order valence-corrected chi connectivity index (χ3v) is 2.04. The molecule has 84 valence electrons. The van der Waals surface area contributed by atoms with Crippen LogP contribution in [0.5, 0.6) is 0 Å². The van der Waals surface area contributed by atoms with Crippen molar-refractivity contribution in [1.82, 2.24) is 0 Å². The minimum Gasteiger partial charge on any atom is -0.398 e. The molecule has 0 aliphatic rings. The van der Waals surface area contributed by atoms with E-state index in [0.717, 1.165) is 12.1 Å². The Morgan fingerprint density at radius 2 is 1.73 bits per heavy atom. The topological polar surface area (TPSA) is 46.2 Å². The first-order valence-corrected chi connectivity index (χ1v) is 4.32. The lowest BCUT2D eigenvalue weighted by atomic mass is 9.95. The van der Waals surface area contributed by atoms with E-state index in [1.807, 2.05) is 0 Å². The van der Waals surface area contributed by atoms with Gasteiger partial charge in [-0.2, -0.15) is 13.2 Å². The van der Waals surface area contributed by atoms with E-state index in [-0.39, 0.29) is 11.3 Å². The van der Waals surface area contributed by atoms with Crippen molar-refractivity contribution in [2.45, 2.75) is 25.6 Å². The molecular formula is C10H12F3NO. The number of nitrogens with two attached hydrogens (primary N) is 1. The molecule has 0 atom stereocenters. The summed E-state index contributed by atoms with van der Waals surface area (Å²) in [5.41, 5.74) is 3.62. The lowest BCUT2D eigenvalue weighted by molar-refractivity contribution is -0.137. The number of anilines is 1. The molecule has 2 nitrogen and oxygen atoms in total. The predicted octanol–water partition coefficient (Wildman–Crippen LogP) is 2.52. The number of hydrogen-bond donors (Lipinski definition) is 2. The van der Waals surface area contributed by atoms with Crippen molar-refractivity contribution in [1.29, 1.82) is 0 Å². The first kappa shape index (κ1) is 11.8. The number of alkyl halides is 3. The second kappa shape index (κ2) is 3.41. The minimum absolute atomic E-state index is 0.0580. The first-order valence-electron chi connectivity index (χ1n) is 4.32. The number of halogens is 3. The fraction of sp³-hybridized carbons (Fsp3) is 0.400. The van der Waals surface area contributed by atoms with Gasteiger partial charge in [0.05, 0.1) is 11.2 Å². The Bertz CT molecular complexity index is 366. The Morgan fingerprint density at radius 3 is 2.07 bits per heavy atom. The van der Waals surface area contributed by atoms with E-state index < -0.39 is 17.3 Å². The van der Waals surface area contributed by atoms with E-state index in [2.05, 4.69) is 0 Å². The Morgan fingerprint density at radius 1 is 1.20 bits per heavy atom. The van der Waals surface area contributed by atoms with Crippen molar-refractivity contribution in [3.05, 3.63) is 29.3 Å². The summed E-state index contributed by atoms with van der Waals surface area (Å²) in [6.07, 6.45) is -4.41. The van der Waals surface area contributed by atoms with Crippen LogP contribution in [0.25, 0.3) is 0 Å². The second-order valence-corrected chi connectivity index (χ2v) is 3.86.